The molecule has 5 heteroatoms. The standard InChI is InChI=1S/C16H19F2NO2/c17-14-11(16(20)21)7-8-13(15(14)18)19-9-3-5-10-4-1-2-6-12(10)19/h7-8,10,12H,1-6,9H2,(H,20,21)/t10-,12-/m1/s1. The first-order chi connectivity index (χ1) is 10.1. The van der Waals surface area contributed by atoms with Gasteiger partial charge < -0.3 is 10.0 Å². The zero-order valence-electron chi connectivity index (χ0n) is 11.8. The number of piperidine rings is 1. The lowest BCUT2D eigenvalue weighted by molar-refractivity contribution is 0.0690. The summed E-state index contributed by atoms with van der Waals surface area (Å²) in [5.74, 6) is -3.17. The molecule has 2 aliphatic rings. The van der Waals surface area contributed by atoms with Gasteiger partial charge in [-0.3, -0.25) is 0 Å². The van der Waals surface area contributed by atoms with Gasteiger partial charge in [0.05, 0.1) is 11.3 Å². The van der Waals surface area contributed by atoms with Crippen LogP contribution in [-0.2, 0) is 0 Å². The first-order valence-electron chi connectivity index (χ1n) is 7.57. The van der Waals surface area contributed by atoms with Gasteiger partial charge in [-0.1, -0.05) is 12.8 Å². The Morgan fingerprint density at radius 1 is 1.10 bits per heavy atom. The van der Waals surface area contributed by atoms with Crippen LogP contribution in [0.1, 0.15) is 48.9 Å². The van der Waals surface area contributed by atoms with Crippen LogP contribution in [0.25, 0.3) is 0 Å². The van der Waals surface area contributed by atoms with Crippen LogP contribution < -0.4 is 4.90 Å². The minimum atomic E-state index is -1.44. The maximum Gasteiger partial charge on any atom is 0.338 e. The Bertz CT molecular complexity index is 559. The van der Waals surface area contributed by atoms with Crippen molar-refractivity contribution >= 4 is 11.7 Å². The number of benzene rings is 1. The Labute approximate surface area is 122 Å². The molecule has 0 radical (unpaired) electrons. The van der Waals surface area contributed by atoms with E-state index in [-0.39, 0.29) is 11.7 Å². The topological polar surface area (TPSA) is 40.5 Å². The van der Waals surface area contributed by atoms with Crippen LogP contribution in [0.5, 0.6) is 0 Å². The van der Waals surface area contributed by atoms with Gasteiger partial charge in [0.2, 0.25) is 0 Å². The molecule has 1 N–H and O–H groups in total. The Hall–Kier alpha value is -1.65. The molecule has 2 fully saturated rings. The molecule has 3 nitrogen and oxygen atoms in total. The third-order valence-corrected chi connectivity index (χ3v) is 4.84. The molecule has 114 valence electrons. The number of carbonyl (C=O) groups is 1. The summed E-state index contributed by atoms with van der Waals surface area (Å²) in [5, 5.41) is 8.86. The molecule has 1 saturated heterocycles. The highest BCUT2D eigenvalue weighted by Crippen LogP contribution is 2.39. The van der Waals surface area contributed by atoms with E-state index in [1.807, 2.05) is 4.90 Å². The van der Waals surface area contributed by atoms with E-state index in [2.05, 4.69) is 0 Å². The molecule has 0 unspecified atom stereocenters. The molecular formula is C16H19F2NO2. The summed E-state index contributed by atoms with van der Waals surface area (Å²) in [5.41, 5.74) is -0.387. The monoisotopic (exact) mass is 295 g/mol. The summed E-state index contributed by atoms with van der Waals surface area (Å²) >= 11 is 0. The van der Waals surface area contributed by atoms with Gasteiger partial charge in [0.1, 0.15) is 0 Å². The summed E-state index contributed by atoms with van der Waals surface area (Å²) in [6.07, 6.45) is 6.62. The lowest BCUT2D eigenvalue weighted by atomic mass is 9.78. The molecular weight excluding hydrogens is 276 g/mol. The number of hydrogen-bond acceptors (Lipinski definition) is 2. The van der Waals surface area contributed by atoms with Gasteiger partial charge in [0.25, 0.3) is 0 Å². The molecule has 1 heterocycles. The highest BCUT2D eigenvalue weighted by molar-refractivity contribution is 5.88. The highest BCUT2D eigenvalue weighted by atomic mass is 19.2. The molecule has 3 rings (SSSR count). The molecule has 0 bridgehead atoms. The van der Waals surface area contributed by atoms with E-state index in [1.165, 1.54) is 18.6 Å². The Morgan fingerprint density at radius 3 is 2.57 bits per heavy atom. The van der Waals surface area contributed by atoms with Gasteiger partial charge in [0.15, 0.2) is 11.6 Å². The number of nitrogens with zero attached hydrogens (tertiary/aromatic N) is 1. The maximum absolute atomic E-state index is 14.3. The van der Waals surface area contributed by atoms with Crippen LogP contribution in [0.4, 0.5) is 14.5 Å². The van der Waals surface area contributed by atoms with Crippen molar-refractivity contribution in [3.05, 3.63) is 29.3 Å². The molecule has 1 aromatic rings. The predicted molar refractivity (Wildman–Crippen MR) is 75.6 cm³/mol. The molecule has 2 atom stereocenters. The van der Waals surface area contributed by atoms with E-state index in [4.69, 9.17) is 5.11 Å². The second kappa shape index (κ2) is 5.62. The second-order valence-corrected chi connectivity index (χ2v) is 6.01. The lowest BCUT2D eigenvalue weighted by Gasteiger charge is -2.45. The van der Waals surface area contributed by atoms with Crippen LogP contribution in [0.3, 0.4) is 0 Å². The molecule has 21 heavy (non-hydrogen) atoms. The number of hydrogen-bond donors (Lipinski definition) is 1. The second-order valence-electron chi connectivity index (χ2n) is 6.01. The van der Waals surface area contributed by atoms with Gasteiger partial charge in [-0.15, -0.1) is 0 Å². The van der Waals surface area contributed by atoms with Crippen molar-refractivity contribution in [3.63, 3.8) is 0 Å². The van der Waals surface area contributed by atoms with Crippen molar-refractivity contribution in [3.8, 4) is 0 Å². The third-order valence-electron chi connectivity index (χ3n) is 4.84. The minimum absolute atomic E-state index is 0.217. The predicted octanol–water partition coefficient (Wildman–Crippen LogP) is 3.82. The number of carboxylic acids is 1. The maximum atomic E-state index is 14.3. The number of anilines is 1. The van der Waals surface area contributed by atoms with Crippen molar-refractivity contribution in [1.82, 2.24) is 0 Å². The first kappa shape index (κ1) is 14.3. The van der Waals surface area contributed by atoms with E-state index in [9.17, 15) is 13.6 Å². The molecule has 1 aliphatic heterocycles. The fourth-order valence-corrected chi connectivity index (χ4v) is 3.85. The zero-order valence-corrected chi connectivity index (χ0v) is 11.8. The quantitative estimate of drug-likeness (QED) is 0.901. The molecule has 0 amide bonds. The average Bonchev–Trinajstić information content (AvgIpc) is 2.49. The van der Waals surface area contributed by atoms with Crippen LogP contribution in [0, 0.1) is 17.6 Å². The molecule has 1 saturated carbocycles. The smallest absolute Gasteiger partial charge is 0.338 e. The summed E-state index contributed by atoms with van der Waals surface area (Å²) < 4.78 is 28.2. The third kappa shape index (κ3) is 2.49. The van der Waals surface area contributed by atoms with Crippen molar-refractivity contribution in [1.29, 1.82) is 0 Å². The van der Waals surface area contributed by atoms with Gasteiger partial charge in [-0.05, 0) is 43.7 Å². The summed E-state index contributed by atoms with van der Waals surface area (Å²) in [7, 11) is 0. The normalized spacial score (nSPS) is 25.5. The molecule has 1 aliphatic carbocycles. The van der Waals surface area contributed by atoms with E-state index < -0.39 is 23.2 Å². The van der Waals surface area contributed by atoms with Gasteiger partial charge >= 0.3 is 5.97 Å². The minimum Gasteiger partial charge on any atom is -0.478 e. The zero-order chi connectivity index (χ0) is 15.0. The van der Waals surface area contributed by atoms with E-state index in [0.29, 0.717) is 12.5 Å². The highest BCUT2D eigenvalue weighted by Gasteiger charge is 2.35. The van der Waals surface area contributed by atoms with Crippen LogP contribution in [-0.4, -0.2) is 23.7 Å². The summed E-state index contributed by atoms with van der Waals surface area (Å²) in [6, 6.07) is 2.85. The van der Waals surface area contributed by atoms with Crippen LogP contribution in [0.2, 0.25) is 0 Å². The first-order valence-corrected chi connectivity index (χ1v) is 7.57. The van der Waals surface area contributed by atoms with E-state index in [0.717, 1.165) is 32.1 Å². The van der Waals surface area contributed by atoms with Gasteiger partial charge in [-0.25, -0.2) is 13.6 Å². The van der Waals surface area contributed by atoms with Crippen LogP contribution in [0.15, 0.2) is 12.1 Å². The number of fused-ring (bicyclic) bond motifs is 1. The summed E-state index contributed by atoms with van der Waals surface area (Å²) in [4.78, 5) is 12.8. The number of halogens is 2. The average molecular weight is 295 g/mol. The molecule has 1 aromatic carbocycles. The number of carboxylic acid groups (broad SMARTS) is 1. The summed E-state index contributed by atoms with van der Waals surface area (Å²) in [6.45, 7) is 0.712. The molecule has 0 spiro atoms. The fraction of sp³-hybridized carbons (Fsp3) is 0.562. The Kier molecular flexibility index (Phi) is 3.83. The van der Waals surface area contributed by atoms with Crippen molar-refractivity contribution < 1.29 is 18.7 Å². The van der Waals surface area contributed by atoms with Crippen molar-refractivity contribution in [2.45, 2.75) is 44.6 Å². The van der Waals surface area contributed by atoms with Gasteiger partial charge in [-0.2, -0.15) is 0 Å². The largest absolute Gasteiger partial charge is 0.478 e. The lowest BCUT2D eigenvalue weighted by Crippen LogP contribution is -2.47. The molecule has 0 aromatic heterocycles. The van der Waals surface area contributed by atoms with Crippen molar-refractivity contribution in [2.75, 3.05) is 11.4 Å². The Morgan fingerprint density at radius 2 is 1.81 bits per heavy atom. The van der Waals surface area contributed by atoms with E-state index in [1.54, 1.807) is 0 Å². The Balaban J connectivity index is 1.95. The van der Waals surface area contributed by atoms with Crippen LogP contribution >= 0.6 is 0 Å². The number of rotatable bonds is 2. The van der Waals surface area contributed by atoms with Crippen molar-refractivity contribution in [2.24, 2.45) is 5.92 Å². The van der Waals surface area contributed by atoms with Gasteiger partial charge in [0, 0.05) is 12.6 Å². The fourth-order valence-electron chi connectivity index (χ4n) is 3.85. The number of aromatic carboxylic acids is 1. The SMILES string of the molecule is O=C(O)c1ccc(N2CCC[C@H]3CCCC[C@H]32)c(F)c1F. The van der Waals surface area contributed by atoms with E-state index >= 15 is 0 Å².